The van der Waals surface area contributed by atoms with E-state index in [9.17, 15) is 4.79 Å². The molecule has 0 spiro atoms. The highest BCUT2D eigenvalue weighted by Crippen LogP contribution is 2.23. The van der Waals surface area contributed by atoms with Gasteiger partial charge in [0.2, 0.25) is 0 Å². The summed E-state index contributed by atoms with van der Waals surface area (Å²) in [5.41, 5.74) is 6.84. The van der Waals surface area contributed by atoms with Gasteiger partial charge in [0.05, 0.1) is 5.56 Å². The Balaban J connectivity index is 0.00000162. The topological polar surface area (TPSA) is 59.2 Å². The fraction of sp³-hybridized carbons (Fsp3) is 0.500. The van der Waals surface area contributed by atoms with Crippen molar-refractivity contribution < 1.29 is 4.79 Å². The van der Waals surface area contributed by atoms with Crippen LogP contribution >= 0.6 is 24.2 Å². The summed E-state index contributed by atoms with van der Waals surface area (Å²) in [6.07, 6.45) is 4.25. The number of pyridine rings is 1. The van der Waals surface area contributed by atoms with Gasteiger partial charge in [-0.1, -0.05) is 6.92 Å². The third-order valence-electron chi connectivity index (χ3n) is 2.97. The fourth-order valence-electron chi connectivity index (χ4n) is 1.91. The summed E-state index contributed by atoms with van der Waals surface area (Å²) in [7, 11) is 0. The number of hydrogen-bond acceptors (Lipinski definition) is 4. The Morgan fingerprint density at radius 1 is 1.67 bits per heavy atom. The maximum absolute atomic E-state index is 12.3. The molecule has 1 aromatic heterocycles. The van der Waals surface area contributed by atoms with Gasteiger partial charge in [0, 0.05) is 42.2 Å². The van der Waals surface area contributed by atoms with Gasteiger partial charge in [0.1, 0.15) is 0 Å². The van der Waals surface area contributed by atoms with Crippen molar-refractivity contribution >= 4 is 35.8 Å². The number of nitrogens with zero attached hydrogens (tertiary/aromatic N) is 2. The van der Waals surface area contributed by atoms with E-state index in [1.165, 1.54) is 0 Å². The van der Waals surface area contributed by atoms with Crippen molar-refractivity contribution in [3.05, 3.63) is 24.0 Å². The zero-order chi connectivity index (χ0) is 12.3. The van der Waals surface area contributed by atoms with Gasteiger partial charge in [-0.3, -0.25) is 9.78 Å². The number of hydrogen-bond donors (Lipinski definition) is 1. The summed E-state index contributed by atoms with van der Waals surface area (Å²) in [6.45, 7) is 3.77. The maximum Gasteiger partial charge on any atom is 0.257 e. The highest BCUT2D eigenvalue weighted by molar-refractivity contribution is 8.00. The minimum Gasteiger partial charge on any atom is -0.398 e. The standard InChI is InChI=1S/C12H17N3OS.ClH/c1-2-9-8-15(5-6-17-9)12(16)10-7-14-4-3-11(10)13;/h3-4,7,9H,2,5-6,8H2,1H3,(H2,13,14);1H. The van der Waals surface area contributed by atoms with Crippen LogP contribution in [0.5, 0.6) is 0 Å². The van der Waals surface area contributed by atoms with Crippen LogP contribution < -0.4 is 5.73 Å². The molecule has 1 fully saturated rings. The molecular formula is C12H18ClN3OS. The maximum atomic E-state index is 12.3. The summed E-state index contributed by atoms with van der Waals surface area (Å²) in [5, 5.41) is 0.547. The van der Waals surface area contributed by atoms with E-state index in [-0.39, 0.29) is 18.3 Å². The molecular weight excluding hydrogens is 270 g/mol. The molecule has 6 heteroatoms. The molecule has 2 heterocycles. The molecule has 1 unspecified atom stereocenters. The highest BCUT2D eigenvalue weighted by Gasteiger charge is 2.24. The number of rotatable bonds is 2. The largest absolute Gasteiger partial charge is 0.398 e. The molecule has 0 saturated carbocycles. The molecule has 1 atom stereocenters. The summed E-state index contributed by atoms with van der Waals surface area (Å²) in [6, 6.07) is 1.67. The molecule has 1 aliphatic heterocycles. The number of anilines is 1. The second kappa shape index (κ2) is 6.85. The van der Waals surface area contributed by atoms with Crippen LogP contribution in [0.25, 0.3) is 0 Å². The van der Waals surface area contributed by atoms with Crippen molar-refractivity contribution in [3.8, 4) is 0 Å². The zero-order valence-electron chi connectivity index (χ0n) is 10.3. The van der Waals surface area contributed by atoms with E-state index in [1.54, 1.807) is 18.5 Å². The molecule has 1 aromatic rings. The number of aromatic nitrogens is 1. The van der Waals surface area contributed by atoms with Crippen LogP contribution in [0, 0.1) is 0 Å². The van der Waals surface area contributed by atoms with E-state index >= 15 is 0 Å². The number of amides is 1. The third kappa shape index (κ3) is 3.29. The molecule has 0 radical (unpaired) electrons. The SMILES string of the molecule is CCC1CN(C(=O)c2cnccc2N)CCS1.Cl. The number of carbonyl (C=O) groups is 1. The number of nitrogen functional groups attached to an aromatic ring is 1. The van der Waals surface area contributed by atoms with Gasteiger partial charge in [0.15, 0.2) is 0 Å². The zero-order valence-corrected chi connectivity index (χ0v) is 12.0. The van der Waals surface area contributed by atoms with Crippen LogP contribution in [-0.4, -0.2) is 39.9 Å². The first-order chi connectivity index (χ1) is 8.22. The van der Waals surface area contributed by atoms with E-state index in [0.29, 0.717) is 16.5 Å². The Morgan fingerprint density at radius 2 is 2.44 bits per heavy atom. The molecule has 0 bridgehead atoms. The van der Waals surface area contributed by atoms with Crippen LogP contribution in [0.1, 0.15) is 23.7 Å². The molecule has 0 aromatic carbocycles. The third-order valence-corrected chi connectivity index (χ3v) is 4.34. The summed E-state index contributed by atoms with van der Waals surface area (Å²) < 4.78 is 0. The van der Waals surface area contributed by atoms with Gasteiger partial charge >= 0.3 is 0 Å². The lowest BCUT2D eigenvalue weighted by Gasteiger charge is -2.32. The Hall–Kier alpha value is -0.940. The van der Waals surface area contributed by atoms with E-state index in [1.807, 2.05) is 16.7 Å². The molecule has 2 N–H and O–H groups in total. The van der Waals surface area contributed by atoms with Gasteiger partial charge in [-0.2, -0.15) is 11.8 Å². The van der Waals surface area contributed by atoms with Gasteiger partial charge in [-0.25, -0.2) is 0 Å². The van der Waals surface area contributed by atoms with Crippen molar-refractivity contribution in [2.75, 3.05) is 24.6 Å². The number of nitrogens with two attached hydrogens (primary N) is 1. The minimum atomic E-state index is 0. The molecule has 1 amide bonds. The van der Waals surface area contributed by atoms with E-state index < -0.39 is 0 Å². The Bertz CT molecular complexity index is 416. The van der Waals surface area contributed by atoms with Crippen LogP contribution in [0.3, 0.4) is 0 Å². The van der Waals surface area contributed by atoms with Gasteiger partial charge in [0.25, 0.3) is 5.91 Å². The van der Waals surface area contributed by atoms with Crippen LogP contribution in [0.15, 0.2) is 18.5 Å². The summed E-state index contributed by atoms with van der Waals surface area (Å²) >= 11 is 1.94. The van der Waals surface area contributed by atoms with Gasteiger partial charge in [-0.15, -0.1) is 12.4 Å². The first-order valence-corrected chi connectivity index (χ1v) is 6.87. The van der Waals surface area contributed by atoms with E-state index in [4.69, 9.17) is 5.73 Å². The highest BCUT2D eigenvalue weighted by atomic mass is 35.5. The first kappa shape index (κ1) is 15.1. The van der Waals surface area contributed by atoms with Crippen LogP contribution in [0.4, 0.5) is 5.69 Å². The van der Waals surface area contributed by atoms with Crippen molar-refractivity contribution in [1.82, 2.24) is 9.88 Å². The van der Waals surface area contributed by atoms with Gasteiger partial charge in [-0.05, 0) is 12.5 Å². The van der Waals surface area contributed by atoms with Crippen molar-refractivity contribution in [3.63, 3.8) is 0 Å². The second-order valence-corrected chi connectivity index (χ2v) is 5.52. The summed E-state index contributed by atoms with van der Waals surface area (Å²) in [4.78, 5) is 18.1. The normalized spacial score (nSPS) is 19.2. The molecule has 0 aliphatic carbocycles. The van der Waals surface area contributed by atoms with Crippen molar-refractivity contribution in [1.29, 1.82) is 0 Å². The molecule has 2 rings (SSSR count). The van der Waals surface area contributed by atoms with E-state index in [2.05, 4.69) is 11.9 Å². The Labute approximate surface area is 118 Å². The van der Waals surface area contributed by atoms with Crippen molar-refractivity contribution in [2.45, 2.75) is 18.6 Å². The van der Waals surface area contributed by atoms with Crippen LogP contribution in [-0.2, 0) is 0 Å². The van der Waals surface area contributed by atoms with Crippen molar-refractivity contribution in [2.24, 2.45) is 0 Å². The monoisotopic (exact) mass is 287 g/mol. The first-order valence-electron chi connectivity index (χ1n) is 5.82. The van der Waals surface area contributed by atoms with Gasteiger partial charge < -0.3 is 10.6 Å². The Morgan fingerprint density at radius 3 is 3.11 bits per heavy atom. The smallest absolute Gasteiger partial charge is 0.257 e. The number of thioether (sulfide) groups is 1. The van der Waals surface area contributed by atoms with E-state index in [0.717, 1.165) is 25.3 Å². The number of halogens is 1. The quantitative estimate of drug-likeness (QED) is 0.904. The lowest BCUT2D eigenvalue weighted by Crippen LogP contribution is -2.42. The predicted octanol–water partition coefficient (Wildman–Crippen LogP) is 2.05. The lowest BCUT2D eigenvalue weighted by molar-refractivity contribution is 0.0761. The average molecular weight is 288 g/mol. The molecule has 1 saturated heterocycles. The fourth-order valence-corrected chi connectivity index (χ4v) is 3.09. The second-order valence-electron chi connectivity index (χ2n) is 4.12. The molecule has 1 aliphatic rings. The summed E-state index contributed by atoms with van der Waals surface area (Å²) in [5.74, 6) is 1.01. The molecule has 100 valence electrons. The van der Waals surface area contributed by atoms with Crippen LogP contribution in [0.2, 0.25) is 0 Å². The minimum absolute atomic E-state index is 0. The molecule has 4 nitrogen and oxygen atoms in total. The number of carbonyl (C=O) groups excluding carboxylic acids is 1. The average Bonchev–Trinajstić information content (AvgIpc) is 2.38. The predicted molar refractivity (Wildman–Crippen MR) is 78.3 cm³/mol. The lowest BCUT2D eigenvalue weighted by atomic mass is 10.2. The molecule has 18 heavy (non-hydrogen) atoms. The Kier molecular flexibility index (Phi) is 5.75.